The summed E-state index contributed by atoms with van der Waals surface area (Å²) in [6, 6.07) is 9.96. The number of aryl methyl sites for hydroxylation is 1. The molecule has 0 N–H and O–H groups in total. The van der Waals surface area contributed by atoms with Crippen molar-refractivity contribution >= 4 is 22.4 Å². The topological polar surface area (TPSA) is 61.1 Å². The average Bonchev–Trinajstić information content (AvgIpc) is 3.25. The molecule has 0 saturated carbocycles. The van der Waals surface area contributed by atoms with Crippen molar-refractivity contribution in [1.29, 1.82) is 0 Å². The van der Waals surface area contributed by atoms with E-state index in [0.717, 1.165) is 50.3 Å². The number of hydrogen-bond donors (Lipinski definition) is 0. The first-order valence-electron chi connectivity index (χ1n) is 10.9. The van der Waals surface area contributed by atoms with Gasteiger partial charge in [-0.15, -0.1) is 0 Å². The number of allylic oxidation sites excluding steroid dienone is 1. The molecule has 0 radical (unpaired) electrons. The van der Waals surface area contributed by atoms with Gasteiger partial charge in [0.05, 0.1) is 33.2 Å². The summed E-state index contributed by atoms with van der Waals surface area (Å²) in [5.41, 5.74) is 5.49. The summed E-state index contributed by atoms with van der Waals surface area (Å²) in [5, 5.41) is 0.984. The lowest BCUT2D eigenvalue weighted by atomic mass is 9.96. The Kier molecular flexibility index (Phi) is 6.51. The minimum atomic E-state index is -0.00595. The van der Waals surface area contributed by atoms with Crippen molar-refractivity contribution in [3.8, 4) is 22.6 Å². The van der Waals surface area contributed by atoms with Gasteiger partial charge in [-0.2, -0.15) is 0 Å². The smallest absolute Gasteiger partial charge is 0.247 e. The SMILES string of the molecule is CCOc1c(/C(C)=C/C(=O)N2CCOCC2)cc2c(-c3ccc(OC)cc3)coc2c1C. The summed E-state index contributed by atoms with van der Waals surface area (Å²) in [4.78, 5) is 14.6. The molecule has 0 atom stereocenters. The number of hydrogen-bond acceptors (Lipinski definition) is 5. The monoisotopic (exact) mass is 435 g/mol. The number of methoxy groups -OCH3 is 1. The van der Waals surface area contributed by atoms with E-state index in [1.54, 1.807) is 19.4 Å². The maximum absolute atomic E-state index is 12.8. The Morgan fingerprint density at radius 3 is 2.56 bits per heavy atom. The zero-order valence-corrected chi connectivity index (χ0v) is 19.1. The normalized spacial score (nSPS) is 14.6. The van der Waals surface area contributed by atoms with E-state index in [4.69, 9.17) is 18.6 Å². The first kappa shape index (κ1) is 22.0. The Balaban J connectivity index is 1.80. The van der Waals surface area contributed by atoms with E-state index in [-0.39, 0.29) is 5.91 Å². The number of furan rings is 1. The largest absolute Gasteiger partial charge is 0.497 e. The number of carbonyl (C=O) groups excluding carboxylic acids is 1. The third-order valence-electron chi connectivity index (χ3n) is 5.82. The molecule has 0 unspecified atom stereocenters. The molecule has 1 aromatic heterocycles. The van der Waals surface area contributed by atoms with Crippen LogP contribution in [0.2, 0.25) is 0 Å². The van der Waals surface area contributed by atoms with Gasteiger partial charge in [-0.25, -0.2) is 0 Å². The molecule has 6 nitrogen and oxygen atoms in total. The number of benzene rings is 2. The molecule has 1 amide bonds. The lowest BCUT2D eigenvalue weighted by Gasteiger charge is -2.26. The molecule has 0 spiro atoms. The molecule has 1 saturated heterocycles. The van der Waals surface area contributed by atoms with E-state index in [1.807, 2.05) is 49.9 Å². The van der Waals surface area contributed by atoms with E-state index in [0.29, 0.717) is 32.9 Å². The number of ether oxygens (including phenoxy) is 3. The Morgan fingerprint density at radius 1 is 1.19 bits per heavy atom. The lowest BCUT2D eigenvalue weighted by Crippen LogP contribution is -2.39. The van der Waals surface area contributed by atoms with Crippen LogP contribution >= 0.6 is 0 Å². The molecule has 1 aliphatic heterocycles. The van der Waals surface area contributed by atoms with Crippen LogP contribution < -0.4 is 9.47 Å². The molecule has 4 rings (SSSR count). The highest BCUT2D eigenvalue weighted by molar-refractivity contribution is 6.01. The van der Waals surface area contributed by atoms with Crippen LogP contribution in [0.3, 0.4) is 0 Å². The quantitative estimate of drug-likeness (QED) is 0.506. The Bertz CT molecular complexity index is 1140. The molecule has 0 aliphatic carbocycles. The number of fused-ring (bicyclic) bond motifs is 1. The maximum atomic E-state index is 12.8. The summed E-state index contributed by atoms with van der Waals surface area (Å²) >= 11 is 0. The highest BCUT2D eigenvalue weighted by Gasteiger charge is 2.20. The number of nitrogens with zero attached hydrogens (tertiary/aromatic N) is 1. The molecule has 3 aromatic rings. The van der Waals surface area contributed by atoms with Gasteiger partial charge in [0.1, 0.15) is 17.1 Å². The molecular weight excluding hydrogens is 406 g/mol. The zero-order valence-electron chi connectivity index (χ0n) is 19.1. The van der Waals surface area contributed by atoms with Crippen LogP contribution in [0.1, 0.15) is 25.0 Å². The minimum absolute atomic E-state index is 0.00595. The summed E-state index contributed by atoms with van der Waals surface area (Å²) in [5.74, 6) is 1.55. The Hall–Kier alpha value is -3.25. The molecule has 0 bridgehead atoms. The van der Waals surface area contributed by atoms with Crippen molar-refractivity contribution in [3.63, 3.8) is 0 Å². The molecule has 168 valence electrons. The Labute approximate surface area is 188 Å². The number of amides is 1. The van der Waals surface area contributed by atoms with Crippen LogP contribution in [0.15, 0.2) is 47.1 Å². The number of carbonyl (C=O) groups is 1. The predicted octanol–water partition coefficient (Wildman–Crippen LogP) is 5.08. The molecule has 2 aromatic carbocycles. The Morgan fingerprint density at radius 2 is 1.91 bits per heavy atom. The molecular formula is C26H29NO5. The van der Waals surface area contributed by atoms with Crippen LogP contribution in [-0.4, -0.2) is 50.8 Å². The highest BCUT2D eigenvalue weighted by atomic mass is 16.5. The maximum Gasteiger partial charge on any atom is 0.247 e. The average molecular weight is 436 g/mol. The van der Waals surface area contributed by atoms with Gasteiger partial charge in [-0.05, 0) is 50.1 Å². The van der Waals surface area contributed by atoms with Gasteiger partial charge in [0.15, 0.2) is 0 Å². The van der Waals surface area contributed by atoms with Crippen LogP contribution in [0.25, 0.3) is 27.7 Å². The summed E-state index contributed by atoms with van der Waals surface area (Å²) < 4.78 is 22.6. The van der Waals surface area contributed by atoms with Crippen LogP contribution in [0.5, 0.6) is 11.5 Å². The molecule has 2 heterocycles. The van der Waals surface area contributed by atoms with Gasteiger partial charge in [-0.3, -0.25) is 4.79 Å². The third-order valence-corrected chi connectivity index (χ3v) is 5.82. The third kappa shape index (κ3) is 4.23. The van der Waals surface area contributed by atoms with Gasteiger partial charge < -0.3 is 23.5 Å². The summed E-state index contributed by atoms with van der Waals surface area (Å²) in [7, 11) is 1.65. The van der Waals surface area contributed by atoms with Gasteiger partial charge in [0.2, 0.25) is 5.91 Å². The fourth-order valence-electron chi connectivity index (χ4n) is 4.07. The first-order valence-corrected chi connectivity index (χ1v) is 10.9. The molecule has 1 fully saturated rings. The molecule has 6 heteroatoms. The van der Waals surface area contributed by atoms with Crippen molar-refractivity contribution in [2.45, 2.75) is 20.8 Å². The van der Waals surface area contributed by atoms with Crippen molar-refractivity contribution in [1.82, 2.24) is 4.90 Å². The summed E-state index contributed by atoms with van der Waals surface area (Å²) in [6.45, 7) is 8.81. The van der Waals surface area contributed by atoms with Crippen molar-refractivity contribution in [3.05, 3.63) is 53.8 Å². The van der Waals surface area contributed by atoms with Crippen LogP contribution in [0.4, 0.5) is 0 Å². The van der Waals surface area contributed by atoms with Crippen LogP contribution in [-0.2, 0) is 9.53 Å². The second-order valence-corrected chi connectivity index (χ2v) is 7.83. The van der Waals surface area contributed by atoms with Crippen LogP contribution in [0, 0.1) is 6.92 Å². The standard InChI is InChI=1S/C26H29NO5/c1-5-31-25-18(3)26-22(23(16-32-26)19-6-8-20(29-4)9-7-19)15-21(25)17(2)14-24(28)27-10-12-30-13-11-27/h6-9,14-16H,5,10-13H2,1-4H3/b17-14+. The second kappa shape index (κ2) is 9.49. The second-order valence-electron chi connectivity index (χ2n) is 7.83. The van der Waals surface area contributed by atoms with E-state index in [9.17, 15) is 4.79 Å². The van der Waals surface area contributed by atoms with Gasteiger partial charge in [0.25, 0.3) is 0 Å². The van der Waals surface area contributed by atoms with Crippen molar-refractivity contribution in [2.24, 2.45) is 0 Å². The van der Waals surface area contributed by atoms with E-state index in [2.05, 4.69) is 6.07 Å². The molecule has 1 aliphatic rings. The minimum Gasteiger partial charge on any atom is -0.497 e. The highest BCUT2D eigenvalue weighted by Crippen LogP contribution is 2.41. The van der Waals surface area contributed by atoms with E-state index >= 15 is 0 Å². The van der Waals surface area contributed by atoms with Gasteiger partial charge in [-0.1, -0.05) is 12.1 Å². The zero-order chi connectivity index (χ0) is 22.7. The predicted molar refractivity (Wildman–Crippen MR) is 125 cm³/mol. The van der Waals surface area contributed by atoms with Crippen molar-refractivity contribution in [2.75, 3.05) is 40.0 Å². The molecule has 32 heavy (non-hydrogen) atoms. The van der Waals surface area contributed by atoms with Gasteiger partial charge in [0, 0.05) is 41.2 Å². The van der Waals surface area contributed by atoms with E-state index in [1.165, 1.54) is 0 Å². The fraction of sp³-hybridized carbons (Fsp3) is 0.346. The fourth-order valence-corrected chi connectivity index (χ4v) is 4.07. The van der Waals surface area contributed by atoms with Crippen molar-refractivity contribution < 1.29 is 23.4 Å². The first-order chi connectivity index (χ1) is 15.5. The van der Waals surface area contributed by atoms with Gasteiger partial charge >= 0.3 is 0 Å². The summed E-state index contributed by atoms with van der Waals surface area (Å²) in [6.07, 6.45) is 3.47. The van der Waals surface area contributed by atoms with E-state index < -0.39 is 0 Å². The number of rotatable bonds is 6. The number of morpholine rings is 1. The lowest BCUT2D eigenvalue weighted by molar-refractivity contribution is -0.129.